The second kappa shape index (κ2) is 3.55. The average Bonchev–Trinajstić information content (AvgIpc) is 2.17. The van der Waals surface area contributed by atoms with Crippen molar-refractivity contribution in [2.45, 2.75) is 45.6 Å². The molecule has 1 aromatic carbocycles. The van der Waals surface area contributed by atoms with Crippen LogP contribution in [0.2, 0.25) is 0 Å². The van der Waals surface area contributed by atoms with Gasteiger partial charge in [-0.1, -0.05) is 32.0 Å². The molecule has 0 atom stereocenters. The average molecular weight is 203 g/mol. The SMILES string of the molecule is CC(C)N1CCC(C)(C)c2ccccc21. The molecule has 2 rings (SSSR count). The second-order valence-corrected chi connectivity index (χ2v) is 5.44. The van der Waals surface area contributed by atoms with Gasteiger partial charge in [0.2, 0.25) is 0 Å². The van der Waals surface area contributed by atoms with Gasteiger partial charge in [-0.25, -0.2) is 0 Å². The lowest BCUT2D eigenvalue weighted by molar-refractivity contribution is 0.442. The van der Waals surface area contributed by atoms with Crippen molar-refractivity contribution in [3.8, 4) is 0 Å². The Kier molecular flexibility index (Phi) is 2.49. The summed E-state index contributed by atoms with van der Waals surface area (Å²) < 4.78 is 0. The molecular formula is C14H21N. The van der Waals surface area contributed by atoms with Gasteiger partial charge in [0.05, 0.1) is 0 Å². The Balaban J connectivity index is 2.49. The highest BCUT2D eigenvalue weighted by Gasteiger charge is 2.31. The first kappa shape index (κ1) is 10.5. The predicted molar refractivity (Wildman–Crippen MR) is 66.6 cm³/mol. The van der Waals surface area contributed by atoms with Crippen molar-refractivity contribution in [1.29, 1.82) is 0 Å². The molecule has 0 bridgehead atoms. The van der Waals surface area contributed by atoms with Crippen molar-refractivity contribution in [3.05, 3.63) is 29.8 Å². The third-order valence-electron chi connectivity index (χ3n) is 3.54. The Hall–Kier alpha value is -0.980. The van der Waals surface area contributed by atoms with Crippen molar-refractivity contribution in [3.63, 3.8) is 0 Å². The van der Waals surface area contributed by atoms with Gasteiger partial charge in [-0.15, -0.1) is 0 Å². The molecule has 0 unspecified atom stereocenters. The fourth-order valence-corrected chi connectivity index (χ4v) is 2.49. The molecule has 0 aliphatic carbocycles. The molecule has 1 nitrogen and oxygen atoms in total. The lowest BCUT2D eigenvalue weighted by atomic mass is 9.77. The van der Waals surface area contributed by atoms with Crippen LogP contribution in [0.4, 0.5) is 5.69 Å². The summed E-state index contributed by atoms with van der Waals surface area (Å²) in [5.41, 5.74) is 3.27. The van der Waals surface area contributed by atoms with Gasteiger partial charge in [-0.05, 0) is 37.3 Å². The van der Waals surface area contributed by atoms with Gasteiger partial charge in [-0.3, -0.25) is 0 Å². The minimum absolute atomic E-state index is 0.335. The molecule has 1 aliphatic rings. The van der Waals surface area contributed by atoms with Crippen molar-refractivity contribution in [1.82, 2.24) is 0 Å². The van der Waals surface area contributed by atoms with Crippen molar-refractivity contribution >= 4 is 5.69 Å². The molecule has 0 spiro atoms. The minimum atomic E-state index is 0.335. The number of hydrogen-bond donors (Lipinski definition) is 0. The highest BCUT2D eigenvalue weighted by molar-refractivity contribution is 5.59. The first-order valence-corrected chi connectivity index (χ1v) is 5.88. The van der Waals surface area contributed by atoms with Gasteiger partial charge in [0.1, 0.15) is 0 Å². The summed E-state index contributed by atoms with van der Waals surface area (Å²) in [6.45, 7) is 10.4. The lowest BCUT2D eigenvalue weighted by Crippen LogP contribution is -2.41. The summed E-state index contributed by atoms with van der Waals surface area (Å²) in [4.78, 5) is 2.51. The number of anilines is 1. The Labute approximate surface area is 93.1 Å². The van der Waals surface area contributed by atoms with Crippen LogP contribution in [0.25, 0.3) is 0 Å². The monoisotopic (exact) mass is 203 g/mol. The normalized spacial score (nSPS) is 19.1. The summed E-state index contributed by atoms with van der Waals surface area (Å²) in [5.74, 6) is 0. The summed E-state index contributed by atoms with van der Waals surface area (Å²) in [6.07, 6.45) is 1.25. The van der Waals surface area contributed by atoms with Crippen molar-refractivity contribution in [2.24, 2.45) is 0 Å². The maximum Gasteiger partial charge on any atom is 0.0406 e. The molecular weight excluding hydrogens is 182 g/mol. The molecule has 0 saturated heterocycles. The largest absolute Gasteiger partial charge is 0.369 e. The number of rotatable bonds is 1. The summed E-state index contributed by atoms with van der Waals surface area (Å²) in [6, 6.07) is 9.45. The van der Waals surface area contributed by atoms with E-state index in [0.29, 0.717) is 11.5 Å². The predicted octanol–water partition coefficient (Wildman–Crippen LogP) is 3.58. The van der Waals surface area contributed by atoms with E-state index in [1.807, 2.05) is 0 Å². The number of benzene rings is 1. The first-order valence-electron chi connectivity index (χ1n) is 5.88. The van der Waals surface area contributed by atoms with Gasteiger partial charge in [0, 0.05) is 18.3 Å². The number of para-hydroxylation sites is 1. The molecule has 82 valence electrons. The molecule has 15 heavy (non-hydrogen) atoms. The van der Waals surface area contributed by atoms with E-state index < -0.39 is 0 Å². The van der Waals surface area contributed by atoms with E-state index in [9.17, 15) is 0 Å². The van der Waals surface area contributed by atoms with E-state index in [4.69, 9.17) is 0 Å². The van der Waals surface area contributed by atoms with Crippen LogP contribution in [0.5, 0.6) is 0 Å². The van der Waals surface area contributed by atoms with Crippen LogP contribution >= 0.6 is 0 Å². The van der Waals surface area contributed by atoms with Crippen LogP contribution < -0.4 is 4.90 Å². The van der Waals surface area contributed by atoms with Gasteiger partial charge >= 0.3 is 0 Å². The van der Waals surface area contributed by atoms with Crippen LogP contribution in [0.3, 0.4) is 0 Å². The molecule has 0 saturated carbocycles. The Morgan fingerprint density at radius 3 is 2.53 bits per heavy atom. The summed E-state index contributed by atoms with van der Waals surface area (Å²) in [5, 5.41) is 0. The van der Waals surface area contributed by atoms with Crippen molar-refractivity contribution < 1.29 is 0 Å². The third kappa shape index (κ3) is 1.75. The van der Waals surface area contributed by atoms with E-state index in [0.717, 1.165) is 0 Å². The minimum Gasteiger partial charge on any atom is -0.369 e. The van der Waals surface area contributed by atoms with Gasteiger partial charge in [-0.2, -0.15) is 0 Å². The molecule has 0 N–H and O–H groups in total. The van der Waals surface area contributed by atoms with E-state index >= 15 is 0 Å². The maximum atomic E-state index is 2.51. The Morgan fingerprint density at radius 1 is 1.20 bits per heavy atom. The summed E-state index contributed by atoms with van der Waals surface area (Å²) in [7, 11) is 0. The fraction of sp³-hybridized carbons (Fsp3) is 0.571. The van der Waals surface area contributed by atoms with Crippen LogP contribution in [-0.2, 0) is 5.41 Å². The standard InChI is InChI=1S/C14H21N/c1-11(2)15-10-9-14(3,4)12-7-5-6-8-13(12)15/h5-8,11H,9-10H2,1-4H3. The molecule has 1 heteroatoms. The Morgan fingerprint density at radius 2 is 1.87 bits per heavy atom. The summed E-state index contributed by atoms with van der Waals surface area (Å²) >= 11 is 0. The van der Waals surface area contributed by atoms with E-state index in [1.165, 1.54) is 24.2 Å². The zero-order valence-corrected chi connectivity index (χ0v) is 10.2. The van der Waals surface area contributed by atoms with Crippen LogP contribution in [0, 0.1) is 0 Å². The van der Waals surface area contributed by atoms with Gasteiger partial charge in [0.15, 0.2) is 0 Å². The zero-order valence-electron chi connectivity index (χ0n) is 10.2. The molecule has 1 aliphatic heterocycles. The maximum absolute atomic E-state index is 2.51. The van der Waals surface area contributed by atoms with Gasteiger partial charge in [0.25, 0.3) is 0 Å². The quantitative estimate of drug-likeness (QED) is 0.674. The highest BCUT2D eigenvalue weighted by Crippen LogP contribution is 2.39. The topological polar surface area (TPSA) is 3.24 Å². The van der Waals surface area contributed by atoms with E-state index in [1.54, 1.807) is 0 Å². The number of fused-ring (bicyclic) bond motifs is 1. The van der Waals surface area contributed by atoms with Crippen molar-refractivity contribution in [2.75, 3.05) is 11.4 Å². The first-order chi connectivity index (χ1) is 7.02. The molecule has 0 aromatic heterocycles. The fourth-order valence-electron chi connectivity index (χ4n) is 2.49. The third-order valence-corrected chi connectivity index (χ3v) is 3.54. The van der Waals surface area contributed by atoms with Crippen LogP contribution in [0.15, 0.2) is 24.3 Å². The Bertz CT molecular complexity index is 352. The van der Waals surface area contributed by atoms with Crippen LogP contribution in [-0.4, -0.2) is 12.6 Å². The lowest BCUT2D eigenvalue weighted by Gasteiger charge is -2.42. The zero-order chi connectivity index (χ0) is 11.1. The molecule has 0 amide bonds. The highest BCUT2D eigenvalue weighted by atomic mass is 15.2. The van der Waals surface area contributed by atoms with Crippen LogP contribution in [0.1, 0.15) is 39.7 Å². The van der Waals surface area contributed by atoms with E-state index in [2.05, 4.69) is 56.9 Å². The number of nitrogens with zero attached hydrogens (tertiary/aromatic N) is 1. The molecule has 0 radical (unpaired) electrons. The molecule has 1 heterocycles. The number of hydrogen-bond acceptors (Lipinski definition) is 1. The second-order valence-electron chi connectivity index (χ2n) is 5.44. The molecule has 1 aromatic rings. The van der Waals surface area contributed by atoms with Gasteiger partial charge < -0.3 is 4.90 Å². The molecule has 0 fully saturated rings. The van der Waals surface area contributed by atoms with E-state index in [-0.39, 0.29) is 0 Å². The smallest absolute Gasteiger partial charge is 0.0406 e.